The smallest absolute Gasteiger partial charge is 0.131 e. The lowest BCUT2D eigenvalue weighted by molar-refractivity contribution is -0.326. The van der Waals surface area contributed by atoms with Gasteiger partial charge in [0, 0.05) is 12.8 Å². The van der Waals surface area contributed by atoms with Crippen molar-refractivity contribution in [2.45, 2.75) is 37.6 Å². The molecule has 5 nitrogen and oxygen atoms in total. The zero-order valence-electron chi connectivity index (χ0n) is 10.1. The molecule has 0 bridgehead atoms. The van der Waals surface area contributed by atoms with E-state index >= 15 is 0 Å². The van der Waals surface area contributed by atoms with Gasteiger partial charge in [-0.25, -0.2) is 4.89 Å². The van der Waals surface area contributed by atoms with Gasteiger partial charge in [0.1, 0.15) is 11.7 Å². The van der Waals surface area contributed by atoms with Gasteiger partial charge in [-0.2, -0.15) is 0 Å². The van der Waals surface area contributed by atoms with Gasteiger partial charge >= 0.3 is 0 Å². The number of hydrogen-bond donors (Lipinski definition) is 1. The van der Waals surface area contributed by atoms with Crippen LogP contribution >= 0.6 is 0 Å². The molecule has 1 saturated heterocycles. The van der Waals surface area contributed by atoms with Crippen LogP contribution in [0.2, 0.25) is 0 Å². The van der Waals surface area contributed by atoms with E-state index in [1.807, 2.05) is 6.92 Å². The van der Waals surface area contributed by atoms with E-state index in [-0.39, 0.29) is 6.10 Å². The molecule has 1 aliphatic heterocycles. The molecule has 5 heteroatoms. The Kier molecular flexibility index (Phi) is 5.47. The summed E-state index contributed by atoms with van der Waals surface area (Å²) in [5.41, 5.74) is -0.509. The minimum Gasteiger partial charge on any atom is -0.502 e. The SMILES string of the molecule is C=COCCC1OCC(C)(OC=C)CC1OO. The molecule has 3 unspecified atom stereocenters. The summed E-state index contributed by atoms with van der Waals surface area (Å²) in [5.74, 6) is 0. The van der Waals surface area contributed by atoms with Crippen molar-refractivity contribution in [3.8, 4) is 0 Å². The Morgan fingerprint density at radius 1 is 1.47 bits per heavy atom. The van der Waals surface area contributed by atoms with E-state index in [2.05, 4.69) is 18.0 Å². The van der Waals surface area contributed by atoms with Crippen LogP contribution in [0, 0.1) is 0 Å². The molecule has 3 atom stereocenters. The Morgan fingerprint density at radius 2 is 2.24 bits per heavy atom. The monoisotopic (exact) mass is 244 g/mol. The molecule has 0 radical (unpaired) electrons. The van der Waals surface area contributed by atoms with E-state index in [1.165, 1.54) is 12.5 Å². The van der Waals surface area contributed by atoms with E-state index in [9.17, 15) is 0 Å². The van der Waals surface area contributed by atoms with E-state index in [1.54, 1.807) is 0 Å². The van der Waals surface area contributed by atoms with Crippen LogP contribution in [0.5, 0.6) is 0 Å². The van der Waals surface area contributed by atoms with Gasteiger partial charge in [-0.1, -0.05) is 13.2 Å². The second-order valence-electron chi connectivity index (χ2n) is 4.26. The summed E-state index contributed by atoms with van der Waals surface area (Å²) >= 11 is 0. The quantitative estimate of drug-likeness (QED) is 0.322. The van der Waals surface area contributed by atoms with Crippen molar-refractivity contribution in [3.05, 3.63) is 25.7 Å². The van der Waals surface area contributed by atoms with E-state index in [0.29, 0.717) is 26.1 Å². The molecule has 0 aromatic heterocycles. The molecule has 1 heterocycles. The van der Waals surface area contributed by atoms with Crippen LogP contribution in [0.25, 0.3) is 0 Å². The fourth-order valence-corrected chi connectivity index (χ4v) is 1.93. The lowest BCUT2D eigenvalue weighted by atomic mass is 9.92. The average Bonchev–Trinajstić information content (AvgIpc) is 2.31. The molecule has 0 spiro atoms. The maximum absolute atomic E-state index is 8.90. The molecule has 98 valence electrons. The van der Waals surface area contributed by atoms with Crippen LogP contribution in [0.4, 0.5) is 0 Å². The van der Waals surface area contributed by atoms with Crippen molar-refractivity contribution in [1.29, 1.82) is 0 Å². The first-order chi connectivity index (χ1) is 8.15. The number of rotatable bonds is 7. The fourth-order valence-electron chi connectivity index (χ4n) is 1.93. The van der Waals surface area contributed by atoms with Gasteiger partial charge in [0.2, 0.25) is 0 Å². The van der Waals surface area contributed by atoms with Gasteiger partial charge in [-0.3, -0.25) is 5.26 Å². The largest absolute Gasteiger partial charge is 0.502 e. The van der Waals surface area contributed by atoms with Crippen molar-refractivity contribution in [3.63, 3.8) is 0 Å². The third-order valence-electron chi connectivity index (χ3n) is 2.79. The van der Waals surface area contributed by atoms with Crippen molar-refractivity contribution < 1.29 is 24.4 Å². The van der Waals surface area contributed by atoms with E-state index < -0.39 is 11.7 Å². The first kappa shape index (κ1) is 14.0. The highest BCUT2D eigenvalue weighted by atomic mass is 17.1. The van der Waals surface area contributed by atoms with Gasteiger partial charge in [0.25, 0.3) is 0 Å². The maximum atomic E-state index is 8.90. The average molecular weight is 244 g/mol. The first-order valence-corrected chi connectivity index (χ1v) is 5.58. The van der Waals surface area contributed by atoms with Gasteiger partial charge in [-0.15, -0.1) is 0 Å². The molecule has 0 amide bonds. The molecule has 1 fully saturated rings. The van der Waals surface area contributed by atoms with E-state index in [0.717, 1.165) is 0 Å². The first-order valence-electron chi connectivity index (χ1n) is 5.58. The minimum absolute atomic E-state index is 0.207. The molecule has 1 rings (SSSR count). The van der Waals surface area contributed by atoms with Crippen LogP contribution in [0.1, 0.15) is 19.8 Å². The number of ether oxygens (including phenoxy) is 3. The topological polar surface area (TPSA) is 57.2 Å². The van der Waals surface area contributed by atoms with Crippen molar-refractivity contribution in [1.82, 2.24) is 0 Å². The highest BCUT2D eigenvalue weighted by Crippen LogP contribution is 2.29. The summed E-state index contributed by atoms with van der Waals surface area (Å²) in [7, 11) is 0. The van der Waals surface area contributed by atoms with E-state index in [4.69, 9.17) is 19.5 Å². The van der Waals surface area contributed by atoms with Crippen LogP contribution in [-0.4, -0.2) is 36.3 Å². The molecule has 1 aliphatic rings. The second-order valence-corrected chi connectivity index (χ2v) is 4.26. The molecule has 1 N–H and O–H groups in total. The highest BCUT2D eigenvalue weighted by Gasteiger charge is 2.40. The summed E-state index contributed by atoms with van der Waals surface area (Å²) < 4.78 is 16.0. The van der Waals surface area contributed by atoms with Crippen molar-refractivity contribution >= 4 is 0 Å². The molecule has 0 saturated carbocycles. The molecule has 0 aromatic carbocycles. The second kappa shape index (κ2) is 6.64. The molecule has 0 aliphatic carbocycles. The summed E-state index contributed by atoms with van der Waals surface area (Å²) in [5, 5.41) is 8.90. The zero-order chi connectivity index (χ0) is 12.7. The predicted octanol–water partition coefficient (Wildman–Crippen LogP) is 2.10. The minimum atomic E-state index is -0.509. The van der Waals surface area contributed by atoms with Crippen molar-refractivity contribution in [2.24, 2.45) is 0 Å². The standard InChI is InChI=1S/C12H20O5/c1-4-14-7-6-10-11(17-13)8-12(3,9-15-10)16-5-2/h4-5,10-11,13H,1-2,6-9H2,3H3. The highest BCUT2D eigenvalue weighted by molar-refractivity contribution is 4.89. The van der Waals surface area contributed by atoms with Crippen LogP contribution < -0.4 is 0 Å². The van der Waals surface area contributed by atoms with Crippen LogP contribution in [-0.2, 0) is 19.1 Å². The predicted molar refractivity (Wildman–Crippen MR) is 62.3 cm³/mol. The molecular formula is C12H20O5. The third-order valence-corrected chi connectivity index (χ3v) is 2.79. The van der Waals surface area contributed by atoms with Gasteiger partial charge in [-0.05, 0) is 6.92 Å². The Balaban J connectivity index is 2.49. The van der Waals surface area contributed by atoms with Crippen LogP contribution in [0.3, 0.4) is 0 Å². The van der Waals surface area contributed by atoms with Gasteiger partial charge in [0.15, 0.2) is 0 Å². The summed E-state index contributed by atoms with van der Waals surface area (Å²) in [4.78, 5) is 4.46. The Hall–Kier alpha value is -1.04. The summed E-state index contributed by atoms with van der Waals surface area (Å²) in [6.07, 6.45) is 3.28. The zero-order valence-corrected chi connectivity index (χ0v) is 10.1. The molecule has 17 heavy (non-hydrogen) atoms. The Bertz CT molecular complexity index is 255. The Labute approximate surface area is 102 Å². The number of hydrogen-bond acceptors (Lipinski definition) is 5. The molecular weight excluding hydrogens is 224 g/mol. The summed E-state index contributed by atoms with van der Waals surface area (Å²) in [6, 6.07) is 0. The third kappa shape index (κ3) is 4.03. The fraction of sp³-hybridized carbons (Fsp3) is 0.667. The molecule has 0 aromatic rings. The lowest BCUT2D eigenvalue weighted by Gasteiger charge is -2.40. The van der Waals surface area contributed by atoms with Crippen LogP contribution in [0.15, 0.2) is 25.7 Å². The maximum Gasteiger partial charge on any atom is 0.131 e. The lowest BCUT2D eigenvalue weighted by Crippen LogP contribution is -2.49. The van der Waals surface area contributed by atoms with Gasteiger partial charge < -0.3 is 14.2 Å². The van der Waals surface area contributed by atoms with Gasteiger partial charge in [0.05, 0.1) is 31.8 Å². The normalized spacial score (nSPS) is 32.8. The summed E-state index contributed by atoms with van der Waals surface area (Å²) in [6.45, 7) is 9.77. The Morgan fingerprint density at radius 3 is 2.82 bits per heavy atom. The van der Waals surface area contributed by atoms with Crippen molar-refractivity contribution in [2.75, 3.05) is 13.2 Å².